The summed E-state index contributed by atoms with van der Waals surface area (Å²) in [4.78, 5) is 12.1. The summed E-state index contributed by atoms with van der Waals surface area (Å²) in [7, 11) is 0. The fourth-order valence-corrected chi connectivity index (χ4v) is 2.70. The molecule has 3 rings (SSSR count). The molecule has 0 bridgehead atoms. The number of hydrogen-bond acceptors (Lipinski definition) is 1. The summed E-state index contributed by atoms with van der Waals surface area (Å²) in [6.07, 6.45) is 2.45. The van der Waals surface area contributed by atoms with Crippen molar-refractivity contribution < 1.29 is 4.79 Å². The van der Waals surface area contributed by atoms with Crippen LogP contribution in [0.4, 0.5) is 0 Å². The Hall–Kier alpha value is -2.15. The van der Waals surface area contributed by atoms with Gasteiger partial charge in [-0.25, -0.2) is 0 Å². The molecule has 0 atom stereocenters. The van der Waals surface area contributed by atoms with Crippen LogP contribution in [0.1, 0.15) is 24.0 Å². The molecule has 0 amide bonds. The van der Waals surface area contributed by atoms with E-state index >= 15 is 0 Å². The highest BCUT2D eigenvalue weighted by molar-refractivity contribution is 6.23. The zero-order chi connectivity index (χ0) is 13.1. The summed E-state index contributed by atoms with van der Waals surface area (Å²) in [6.45, 7) is 0. The predicted molar refractivity (Wildman–Crippen MR) is 77.7 cm³/mol. The third-order valence-corrected chi connectivity index (χ3v) is 3.61. The maximum Gasteiger partial charge on any atom is 0.163 e. The zero-order valence-corrected chi connectivity index (χ0v) is 10.8. The van der Waals surface area contributed by atoms with Crippen LogP contribution >= 0.6 is 0 Å². The molecule has 0 aromatic heterocycles. The van der Waals surface area contributed by atoms with E-state index in [1.54, 1.807) is 0 Å². The van der Waals surface area contributed by atoms with Gasteiger partial charge in [0.25, 0.3) is 0 Å². The molecule has 2 aromatic rings. The van der Waals surface area contributed by atoms with Crippen molar-refractivity contribution in [3.8, 4) is 0 Å². The molecule has 0 unspecified atom stereocenters. The number of Topliss-reactive ketones (excluding diaryl/α,β-unsaturated/α-hetero) is 1. The molecular formula is C18H16O. The number of carbonyl (C=O) groups excluding carboxylic acids is 1. The minimum atomic E-state index is 0.289. The molecule has 2 aromatic carbocycles. The van der Waals surface area contributed by atoms with Crippen molar-refractivity contribution in [1.29, 1.82) is 0 Å². The van der Waals surface area contributed by atoms with E-state index in [9.17, 15) is 4.79 Å². The van der Waals surface area contributed by atoms with Crippen LogP contribution in [-0.4, -0.2) is 5.78 Å². The Bertz CT molecular complexity index is 609. The Balaban J connectivity index is 1.97. The van der Waals surface area contributed by atoms with Crippen LogP contribution in [0.5, 0.6) is 0 Å². The summed E-state index contributed by atoms with van der Waals surface area (Å²) in [5, 5.41) is 0. The van der Waals surface area contributed by atoms with Gasteiger partial charge in [0.1, 0.15) is 0 Å². The van der Waals surface area contributed by atoms with Gasteiger partial charge >= 0.3 is 0 Å². The van der Waals surface area contributed by atoms with Gasteiger partial charge in [0.05, 0.1) is 0 Å². The number of carbonyl (C=O) groups is 1. The van der Waals surface area contributed by atoms with E-state index in [4.69, 9.17) is 0 Å². The largest absolute Gasteiger partial charge is 0.294 e. The Kier molecular flexibility index (Phi) is 3.28. The van der Waals surface area contributed by atoms with E-state index in [0.29, 0.717) is 6.42 Å². The first-order valence-electron chi connectivity index (χ1n) is 6.69. The van der Waals surface area contributed by atoms with Crippen LogP contribution in [0, 0.1) is 0 Å². The van der Waals surface area contributed by atoms with Gasteiger partial charge < -0.3 is 0 Å². The van der Waals surface area contributed by atoms with Gasteiger partial charge in [-0.15, -0.1) is 0 Å². The molecule has 94 valence electrons. The second-order valence-electron chi connectivity index (χ2n) is 4.93. The average Bonchev–Trinajstić information content (AvgIpc) is 2.82. The highest BCUT2D eigenvalue weighted by Crippen LogP contribution is 2.32. The average molecular weight is 248 g/mol. The third-order valence-electron chi connectivity index (χ3n) is 3.61. The quantitative estimate of drug-likeness (QED) is 0.801. The second kappa shape index (κ2) is 5.23. The fraction of sp³-hybridized carbons (Fsp3) is 0.167. The molecule has 1 nitrogen and oxygen atoms in total. The van der Waals surface area contributed by atoms with Crippen molar-refractivity contribution in [3.63, 3.8) is 0 Å². The Morgan fingerprint density at radius 2 is 1.42 bits per heavy atom. The molecule has 0 radical (unpaired) electrons. The SMILES string of the molecule is O=C1CCC(Cc2ccccc2)=C1c1ccccc1. The van der Waals surface area contributed by atoms with Gasteiger partial charge in [-0.05, 0) is 24.0 Å². The van der Waals surface area contributed by atoms with Crippen LogP contribution in [0.15, 0.2) is 66.2 Å². The normalized spacial score (nSPS) is 15.1. The lowest BCUT2D eigenvalue weighted by molar-refractivity contribution is -0.113. The topological polar surface area (TPSA) is 17.1 Å². The van der Waals surface area contributed by atoms with Gasteiger partial charge in [-0.2, -0.15) is 0 Å². The number of ketones is 1. The lowest BCUT2D eigenvalue weighted by Crippen LogP contribution is -1.97. The van der Waals surface area contributed by atoms with Gasteiger partial charge in [-0.3, -0.25) is 4.79 Å². The van der Waals surface area contributed by atoms with Crippen LogP contribution in [-0.2, 0) is 11.2 Å². The highest BCUT2D eigenvalue weighted by atomic mass is 16.1. The van der Waals surface area contributed by atoms with Gasteiger partial charge in [-0.1, -0.05) is 66.2 Å². The van der Waals surface area contributed by atoms with Crippen molar-refractivity contribution in [2.24, 2.45) is 0 Å². The minimum absolute atomic E-state index is 0.289. The maximum atomic E-state index is 12.1. The van der Waals surface area contributed by atoms with Crippen molar-refractivity contribution in [2.75, 3.05) is 0 Å². The predicted octanol–water partition coefficient (Wildman–Crippen LogP) is 4.05. The fourth-order valence-electron chi connectivity index (χ4n) is 2.70. The van der Waals surface area contributed by atoms with Crippen LogP contribution in [0.3, 0.4) is 0 Å². The molecule has 1 heteroatoms. The smallest absolute Gasteiger partial charge is 0.163 e. The summed E-state index contributed by atoms with van der Waals surface area (Å²) in [6, 6.07) is 20.4. The van der Waals surface area contributed by atoms with Crippen LogP contribution < -0.4 is 0 Å². The molecule has 0 fully saturated rings. The Labute approximate surface area is 113 Å². The Morgan fingerprint density at radius 1 is 0.789 bits per heavy atom. The number of allylic oxidation sites excluding steroid dienone is 2. The molecule has 0 saturated heterocycles. The molecular weight excluding hydrogens is 232 g/mol. The number of benzene rings is 2. The summed E-state index contributed by atoms with van der Waals surface area (Å²) in [5.41, 5.74) is 4.57. The monoisotopic (exact) mass is 248 g/mol. The highest BCUT2D eigenvalue weighted by Gasteiger charge is 2.23. The molecule has 0 spiro atoms. The number of rotatable bonds is 3. The lowest BCUT2D eigenvalue weighted by atomic mass is 9.97. The van der Waals surface area contributed by atoms with Crippen LogP contribution in [0.2, 0.25) is 0 Å². The number of hydrogen-bond donors (Lipinski definition) is 0. The third kappa shape index (κ3) is 2.50. The standard InChI is InChI=1S/C18H16O/c19-17-12-11-16(13-14-7-3-1-4-8-14)18(17)15-9-5-2-6-10-15/h1-10H,11-13H2. The summed E-state index contributed by atoms with van der Waals surface area (Å²) < 4.78 is 0. The second-order valence-corrected chi connectivity index (χ2v) is 4.93. The lowest BCUT2D eigenvalue weighted by Gasteiger charge is -2.07. The van der Waals surface area contributed by atoms with E-state index in [1.807, 2.05) is 36.4 Å². The van der Waals surface area contributed by atoms with Crippen molar-refractivity contribution in [2.45, 2.75) is 19.3 Å². The van der Waals surface area contributed by atoms with E-state index in [-0.39, 0.29) is 5.78 Å². The molecule has 0 saturated carbocycles. The molecule has 1 aliphatic carbocycles. The minimum Gasteiger partial charge on any atom is -0.294 e. The van der Waals surface area contributed by atoms with Crippen molar-refractivity contribution >= 4 is 11.4 Å². The Morgan fingerprint density at radius 3 is 2.11 bits per heavy atom. The van der Waals surface area contributed by atoms with Crippen molar-refractivity contribution in [3.05, 3.63) is 77.4 Å². The first-order valence-corrected chi connectivity index (χ1v) is 6.69. The first kappa shape index (κ1) is 11.9. The van der Waals surface area contributed by atoms with E-state index in [1.165, 1.54) is 11.1 Å². The van der Waals surface area contributed by atoms with Gasteiger partial charge in [0.2, 0.25) is 0 Å². The molecule has 0 aliphatic heterocycles. The van der Waals surface area contributed by atoms with Gasteiger partial charge in [0, 0.05) is 12.0 Å². The summed E-state index contributed by atoms with van der Waals surface area (Å²) in [5.74, 6) is 0.289. The maximum absolute atomic E-state index is 12.1. The molecule has 0 N–H and O–H groups in total. The molecule has 1 aliphatic rings. The summed E-state index contributed by atoms with van der Waals surface area (Å²) >= 11 is 0. The molecule has 19 heavy (non-hydrogen) atoms. The zero-order valence-electron chi connectivity index (χ0n) is 10.8. The van der Waals surface area contributed by atoms with E-state index < -0.39 is 0 Å². The molecule has 0 heterocycles. The van der Waals surface area contributed by atoms with Gasteiger partial charge in [0.15, 0.2) is 5.78 Å². The van der Waals surface area contributed by atoms with E-state index in [0.717, 1.165) is 24.0 Å². The first-order chi connectivity index (χ1) is 9.34. The van der Waals surface area contributed by atoms with Crippen molar-refractivity contribution in [1.82, 2.24) is 0 Å². The van der Waals surface area contributed by atoms with E-state index in [2.05, 4.69) is 24.3 Å². The van der Waals surface area contributed by atoms with Crippen LogP contribution in [0.25, 0.3) is 5.57 Å².